The van der Waals surface area contributed by atoms with E-state index in [1.165, 1.54) is 18.4 Å². The van der Waals surface area contributed by atoms with Crippen molar-refractivity contribution in [2.45, 2.75) is 43.8 Å². The van der Waals surface area contributed by atoms with Crippen LogP contribution in [0, 0.1) is 0 Å². The minimum atomic E-state index is -0.866. The summed E-state index contributed by atoms with van der Waals surface area (Å²) in [5.41, 5.74) is 2.13. The number of nitrogens with one attached hydrogen (secondary N) is 2. The molecule has 1 saturated carbocycles. The molecule has 0 bridgehead atoms. The number of halogens is 1. The molecule has 0 radical (unpaired) electrons. The fourth-order valence-electron chi connectivity index (χ4n) is 2.56. The molecule has 1 aromatic carbocycles. The lowest BCUT2D eigenvalue weighted by Gasteiger charge is -2.25. The SMILES string of the molecule is O=C(Nc1ccc(C2CC2)cc1)[C@H]1C[C@H](F)CCN1. The van der Waals surface area contributed by atoms with Crippen LogP contribution in [0.4, 0.5) is 10.1 Å². The molecule has 2 atom stereocenters. The van der Waals surface area contributed by atoms with Crippen LogP contribution in [0.3, 0.4) is 0 Å². The molecule has 1 saturated heterocycles. The smallest absolute Gasteiger partial charge is 0.241 e. The van der Waals surface area contributed by atoms with Gasteiger partial charge >= 0.3 is 0 Å². The van der Waals surface area contributed by atoms with E-state index in [-0.39, 0.29) is 12.3 Å². The molecule has 102 valence electrons. The molecule has 0 spiro atoms. The molecule has 1 aromatic rings. The standard InChI is InChI=1S/C15H19FN2O/c16-12-7-8-17-14(9-12)15(19)18-13-5-3-11(4-6-13)10-1-2-10/h3-6,10,12,14,17H,1-2,7-9H2,(H,18,19)/t12-,14-/m1/s1. The van der Waals surface area contributed by atoms with Gasteiger partial charge in [0.05, 0.1) is 6.04 Å². The summed E-state index contributed by atoms with van der Waals surface area (Å²) in [5.74, 6) is 0.582. The van der Waals surface area contributed by atoms with Gasteiger partial charge < -0.3 is 10.6 Å². The molecule has 2 N–H and O–H groups in total. The van der Waals surface area contributed by atoms with Gasteiger partial charge in [0.15, 0.2) is 0 Å². The number of carbonyl (C=O) groups excluding carboxylic acids is 1. The summed E-state index contributed by atoms with van der Waals surface area (Å²) in [4.78, 5) is 12.0. The summed E-state index contributed by atoms with van der Waals surface area (Å²) < 4.78 is 13.3. The molecule has 0 unspecified atom stereocenters. The molecule has 0 aromatic heterocycles. The Morgan fingerprint density at radius 3 is 2.58 bits per heavy atom. The van der Waals surface area contributed by atoms with E-state index in [1.54, 1.807) is 0 Å². The average molecular weight is 262 g/mol. The molecule has 3 rings (SSSR count). The number of anilines is 1. The van der Waals surface area contributed by atoms with E-state index in [0.29, 0.717) is 13.0 Å². The minimum absolute atomic E-state index is 0.137. The van der Waals surface area contributed by atoms with E-state index in [9.17, 15) is 9.18 Å². The van der Waals surface area contributed by atoms with E-state index >= 15 is 0 Å². The Balaban J connectivity index is 1.58. The third-order valence-corrected chi connectivity index (χ3v) is 3.88. The lowest BCUT2D eigenvalue weighted by atomic mass is 10.0. The molecule has 1 aliphatic heterocycles. The zero-order valence-electron chi connectivity index (χ0n) is 10.9. The van der Waals surface area contributed by atoms with Gasteiger partial charge in [-0.1, -0.05) is 12.1 Å². The van der Waals surface area contributed by atoms with Crippen LogP contribution in [0.5, 0.6) is 0 Å². The Labute approximate surface area is 112 Å². The van der Waals surface area contributed by atoms with Gasteiger partial charge in [0.1, 0.15) is 6.17 Å². The number of piperidine rings is 1. The minimum Gasteiger partial charge on any atom is -0.325 e. The van der Waals surface area contributed by atoms with E-state index in [4.69, 9.17) is 0 Å². The monoisotopic (exact) mass is 262 g/mol. The molecule has 4 heteroatoms. The first-order valence-electron chi connectivity index (χ1n) is 7.00. The van der Waals surface area contributed by atoms with Crippen LogP contribution in [0.2, 0.25) is 0 Å². The largest absolute Gasteiger partial charge is 0.325 e. The lowest BCUT2D eigenvalue weighted by Crippen LogP contribution is -2.46. The highest BCUT2D eigenvalue weighted by Gasteiger charge is 2.27. The van der Waals surface area contributed by atoms with E-state index in [0.717, 1.165) is 11.6 Å². The van der Waals surface area contributed by atoms with Crippen molar-refractivity contribution >= 4 is 11.6 Å². The number of carbonyl (C=O) groups is 1. The van der Waals surface area contributed by atoms with Gasteiger partial charge in [0.2, 0.25) is 5.91 Å². The summed E-state index contributed by atoms with van der Waals surface area (Å²) in [5, 5.41) is 5.91. The summed E-state index contributed by atoms with van der Waals surface area (Å²) in [7, 11) is 0. The number of alkyl halides is 1. The van der Waals surface area contributed by atoms with Crippen molar-refractivity contribution in [3.05, 3.63) is 29.8 Å². The molecule has 2 aliphatic rings. The van der Waals surface area contributed by atoms with E-state index in [2.05, 4.69) is 22.8 Å². The molecule has 1 amide bonds. The van der Waals surface area contributed by atoms with Crippen LogP contribution < -0.4 is 10.6 Å². The van der Waals surface area contributed by atoms with Crippen LogP contribution in [-0.2, 0) is 4.79 Å². The average Bonchev–Trinajstić information content (AvgIpc) is 3.24. The van der Waals surface area contributed by atoms with Gasteiger partial charge in [0, 0.05) is 12.1 Å². The van der Waals surface area contributed by atoms with Crippen LogP contribution in [0.15, 0.2) is 24.3 Å². The number of hydrogen-bond donors (Lipinski definition) is 2. The Kier molecular flexibility index (Phi) is 3.51. The van der Waals surface area contributed by atoms with E-state index < -0.39 is 12.2 Å². The maximum atomic E-state index is 13.3. The second-order valence-electron chi connectivity index (χ2n) is 5.51. The molecule has 19 heavy (non-hydrogen) atoms. The second-order valence-corrected chi connectivity index (χ2v) is 5.51. The van der Waals surface area contributed by atoms with Gasteiger partial charge in [-0.15, -0.1) is 0 Å². The number of benzene rings is 1. The Morgan fingerprint density at radius 1 is 1.21 bits per heavy atom. The maximum Gasteiger partial charge on any atom is 0.241 e. The van der Waals surface area contributed by atoms with Crippen LogP contribution in [0.25, 0.3) is 0 Å². The van der Waals surface area contributed by atoms with Gasteiger partial charge in [-0.05, 0) is 49.4 Å². The second kappa shape index (κ2) is 5.29. The van der Waals surface area contributed by atoms with Crippen LogP contribution in [-0.4, -0.2) is 24.7 Å². The Morgan fingerprint density at radius 2 is 1.95 bits per heavy atom. The zero-order chi connectivity index (χ0) is 13.2. The fourth-order valence-corrected chi connectivity index (χ4v) is 2.56. The summed E-state index contributed by atoms with van der Waals surface area (Å²) in [6.45, 7) is 0.569. The third kappa shape index (κ3) is 3.13. The van der Waals surface area contributed by atoms with Crippen molar-refractivity contribution in [2.75, 3.05) is 11.9 Å². The van der Waals surface area contributed by atoms with Gasteiger partial charge in [-0.3, -0.25) is 4.79 Å². The molecule has 1 aliphatic carbocycles. The molecule has 3 nitrogen and oxygen atoms in total. The predicted octanol–water partition coefficient (Wildman–Crippen LogP) is 2.59. The Hall–Kier alpha value is -1.42. The van der Waals surface area contributed by atoms with Crippen molar-refractivity contribution in [2.24, 2.45) is 0 Å². The van der Waals surface area contributed by atoms with Gasteiger partial charge in [0.25, 0.3) is 0 Å². The Bertz CT molecular complexity index is 456. The third-order valence-electron chi connectivity index (χ3n) is 3.88. The summed E-state index contributed by atoms with van der Waals surface area (Å²) >= 11 is 0. The van der Waals surface area contributed by atoms with Crippen molar-refractivity contribution < 1.29 is 9.18 Å². The fraction of sp³-hybridized carbons (Fsp3) is 0.533. The first kappa shape index (κ1) is 12.6. The molecular weight excluding hydrogens is 243 g/mol. The van der Waals surface area contributed by atoms with Crippen molar-refractivity contribution in [1.82, 2.24) is 5.32 Å². The first-order valence-corrected chi connectivity index (χ1v) is 7.00. The van der Waals surface area contributed by atoms with Crippen LogP contribution in [0.1, 0.15) is 37.2 Å². The quantitative estimate of drug-likeness (QED) is 0.879. The van der Waals surface area contributed by atoms with Gasteiger partial charge in [-0.2, -0.15) is 0 Å². The maximum absolute atomic E-state index is 13.3. The number of amides is 1. The molecular formula is C15H19FN2O. The van der Waals surface area contributed by atoms with Crippen molar-refractivity contribution in [3.8, 4) is 0 Å². The summed E-state index contributed by atoms with van der Waals surface area (Å²) in [6.07, 6.45) is 2.45. The van der Waals surface area contributed by atoms with Crippen molar-refractivity contribution in [1.29, 1.82) is 0 Å². The zero-order valence-corrected chi connectivity index (χ0v) is 10.9. The normalized spacial score (nSPS) is 27.0. The number of rotatable bonds is 3. The van der Waals surface area contributed by atoms with E-state index in [1.807, 2.05) is 12.1 Å². The predicted molar refractivity (Wildman–Crippen MR) is 73.0 cm³/mol. The molecule has 2 fully saturated rings. The highest BCUT2D eigenvalue weighted by Crippen LogP contribution is 2.40. The first-order chi connectivity index (χ1) is 9.22. The van der Waals surface area contributed by atoms with Crippen LogP contribution >= 0.6 is 0 Å². The lowest BCUT2D eigenvalue weighted by molar-refractivity contribution is -0.119. The highest BCUT2D eigenvalue weighted by atomic mass is 19.1. The topological polar surface area (TPSA) is 41.1 Å². The number of hydrogen-bond acceptors (Lipinski definition) is 2. The highest BCUT2D eigenvalue weighted by molar-refractivity contribution is 5.94. The summed E-state index contributed by atoms with van der Waals surface area (Å²) in [6, 6.07) is 7.59. The van der Waals surface area contributed by atoms with Gasteiger partial charge in [-0.25, -0.2) is 4.39 Å². The molecule has 1 heterocycles. The van der Waals surface area contributed by atoms with Crippen molar-refractivity contribution in [3.63, 3.8) is 0 Å².